The number of terminal acetylenes is 1. The zero-order valence-corrected chi connectivity index (χ0v) is 9.29. The van der Waals surface area contributed by atoms with Gasteiger partial charge in [-0.05, 0) is 25.1 Å². The quantitative estimate of drug-likeness (QED) is 0.630. The molecule has 1 aromatic carbocycles. The lowest BCUT2D eigenvalue weighted by molar-refractivity contribution is 0.191. The average Bonchev–Trinajstić information content (AvgIpc) is 2.20. The summed E-state index contributed by atoms with van der Waals surface area (Å²) in [5.41, 5.74) is 0.680. The van der Waals surface area contributed by atoms with Crippen molar-refractivity contribution in [1.82, 2.24) is 0 Å². The van der Waals surface area contributed by atoms with E-state index in [0.29, 0.717) is 29.4 Å². The molecule has 0 spiro atoms. The van der Waals surface area contributed by atoms with E-state index in [4.69, 9.17) is 22.8 Å². The van der Waals surface area contributed by atoms with E-state index in [1.165, 1.54) is 0 Å². The number of aliphatic hydroxyl groups is 1. The van der Waals surface area contributed by atoms with Gasteiger partial charge in [-0.1, -0.05) is 11.6 Å². The Bertz CT molecular complexity index is 366. The largest absolute Gasteiger partial charge is 0.492 e. The van der Waals surface area contributed by atoms with Crippen molar-refractivity contribution >= 4 is 11.6 Å². The third-order valence-corrected chi connectivity index (χ3v) is 2.16. The summed E-state index contributed by atoms with van der Waals surface area (Å²) in [4.78, 5) is 0. The third-order valence-electron chi connectivity index (χ3n) is 1.93. The summed E-state index contributed by atoms with van der Waals surface area (Å²) in [7, 11) is 0. The second-order valence-corrected chi connectivity index (χ2v) is 3.60. The number of aliphatic hydroxyl groups excluding tert-OH is 1. The van der Waals surface area contributed by atoms with Crippen LogP contribution in [-0.2, 0) is 0 Å². The highest BCUT2D eigenvalue weighted by Gasteiger charge is 2.09. The van der Waals surface area contributed by atoms with E-state index < -0.39 is 6.10 Å². The molecule has 0 amide bonds. The molecule has 0 aliphatic heterocycles. The number of halogens is 1. The minimum atomic E-state index is -0.607. The van der Waals surface area contributed by atoms with Crippen LogP contribution < -0.4 is 4.74 Å². The van der Waals surface area contributed by atoms with Gasteiger partial charge in [0.05, 0.1) is 12.7 Å². The van der Waals surface area contributed by atoms with Crippen molar-refractivity contribution in [2.75, 3.05) is 6.61 Å². The Hall–Kier alpha value is -1.17. The predicted octanol–water partition coefficient (Wildman–Crippen LogP) is 2.80. The molecule has 15 heavy (non-hydrogen) atoms. The number of rotatable bonds is 4. The molecule has 0 bridgehead atoms. The molecule has 1 N–H and O–H groups in total. The molecule has 0 heterocycles. The monoisotopic (exact) mass is 224 g/mol. The van der Waals surface area contributed by atoms with Crippen LogP contribution in [0.3, 0.4) is 0 Å². The highest BCUT2D eigenvalue weighted by atomic mass is 35.5. The molecule has 0 aliphatic carbocycles. The molecule has 0 saturated heterocycles. The van der Waals surface area contributed by atoms with Crippen molar-refractivity contribution < 1.29 is 9.84 Å². The Morgan fingerprint density at radius 1 is 1.60 bits per heavy atom. The standard InChI is InChI=1S/C12H13ClO2/c1-3-4-7-15-12-6-5-10(13)8-11(12)9(2)14/h1,5-6,8-9,14H,4,7H2,2H3/t9-/m1/s1. The van der Waals surface area contributed by atoms with Gasteiger partial charge in [-0.15, -0.1) is 12.3 Å². The van der Waals surface area contributed by atoms with Gasteiger partial charge >= 0.3 is 0 Å². The summed E-state index contributed by atoms with van der Waals surface area (Å²) in [6.07, 6.45) is 5.05. The highest BCUT2D eigenvalue weighted by Crippen LogP contribution is 2.28. The van der Waals surface area contributed by atoms with Gasteiger partial charge in [0, 0.05) is 17.0 Å². The molecule has 0 fully saturated rings. The lowest BCUT2D eigenvalue weighted by atomic mass is 10.1. The lowest BCUT2D eigenvalue weighted by Gasteiger charge is -2.12. The van der Waals surface area contributed by atoms with Gasteiger partial charge in [0.15, 0.2) is 0 Å². The third kappa shape index (κ3) is 3.47. The summed E-state index contributed by atoms with van der Waals surface area (Å²) >= 11 is 5.82. The molecule has 1 aromatic rings. The average molecular weight is 225 g/mol. The van der Waals surface area contributed by atoms with E-state index in [-0.39, 0.29) is 0 Å². The van der Waals surface area contributed by atoms with Gasteiger partial charge in [0.2, 0.25) is 0 Å². The van der Waals surface area contributed by atoms with Crippen LogP contribution >= 0.6 is 11.6 Å². The molecule has 0 unspecified atom stereocenters. The van der Waals surface area contributed by atoms with E-state index in [9.17, 15) is 5.11 Å². The first kappa shape index (κ1) is 11.9. The molecule has 3 heteroatoms. The van der Waals surface area contributed by atoms with Crippen LogP contribution in [0, 0.1) is 12.3 Å². The minimum absolute atomic E-state index is 0.442. The van der Waals surface area contributed by atoms with Gasteiger partial charge in [-0.3, -0.25) is 0 Å². The van der Waals surface area contributed by atoms with Crippen molar-refractivity contribution in [3.8, 4) is 18.1 Å². The van der Waals surface area contributed by atoms with E-state index in [2.05, 4.69) is 5.92 Å². The van der Waals surface area contributed by atoms with Gasteiger partial charge < -0.3 is 9.84 Å². The zero-order valence-electron chi connectivity index (χ0n) is 8.53. The van der Waals surface area contributed by atoms with Crippen molar-refractivity contribution in [3.63, 3.8) is 0 Å². The first-order valence-electron chi connectivity index (χ1n) is 4.69. The lowest BCUT2D eigenvalue weighted by Crippen LogP contribution is -2.01. The van der Waals surface area contributed by atoms with E-state index in [1.54, 1.807) is 25.1 Å². The first-order chi connectivity index (χ1) is 7.15. The molecular formula is C12H13ClO2. The number of hydrogen-bond acceptors (Lipinski definition) is 2. The predicted molar refractivity (Wildman–Crippen MR) is 61.0 cm³/mol. The Labute approximate surface area is 94.8 Å². The number of ether oxygens (including phenoxy) is 1. The second-order valence-electron chi connectivity index (χ2n) is 3.16. The molecule has 0 radical (unpaired) electrons. The SMILES string of the molecule is C#CCCOc1ccc(Cl)cc1[C@@H](C)O. The molecule has 80 valence electrons. The van der Waals surface area contributed by atoms with E-state index in [1.807, 2.05) is 0 Å². The maximum absolute atomic E-state index is 9.51. The van der Waals surface area contributed by atoms with Crippen molar-refractivity contribution in [1.29, 1.82) is 0 Å². The topological polar surface area (TPSA) is 29.5 Å². The molecule has 0 saturated carbocycles. The summed E-state index contributed by atoms with van der Waals surface area (Å²) < 4.78 is 5.43. The smallest absolute Gasteiger partial charge is 0.125 e. The molecule has 1 rings (SSSR count). The first-order valence-corrected chi connectivity index (χ1v) is 5.06. The Kier molecular flexibility index (Phi) is 4.48. The minimum Gasteiger partial charge on any atom is -0.492 e. The maximum atomic E-state index is 9.51. The van der Waals surface area contributed by atoms with Crippen LogP contribution in [0.25, 0.3) is 0 Å². The Balaban J connectivity index is 2.82. The second kappa shape index (κ2) is 5.65. The summed E-state index contributed by atoms with van der Waals surface area (Å²) in [5, 5.41) is 10.1. The summed E-state index contributed by atoms with van der Waals surface area (Å²) in [6, 6.07) is 5.15. The summed E-state index contributed by atoms with van der Waals surface area (Å²) in [6.45, 7) is 2.11. The van der Waals surface area contributed by atoms with Gasteiger partial charge in [0.1, 0.15) is 5.75 Å². The van der Waals surface area contributed by atoms with Crippen LogP contribution in [0.5, 0.6) is 5.75 Å². The fourth-order valence-corrected chi connectivity index (χ4v) is 1.38. The maximum Gasteiger partial charge on any atom is 0.125 e. The van der Waals surface area contributed by atoms with E-state index >= 15 is 0 Å². The van der Waals surface area contributed by atoms with Crippen LogP contribution in [0.4, 0.5) is 0 Å². The van der Waals surface area contributed by atoms with Gasteiger partial charge in [0.25, 0.3) is 0 Å². The van der Waals surface area contributed by atoms with Gasteiger partial charge in [-0.25, -0.2) is 0 Å². The van der Waals surface area contributed by atoms with Crippen molar-refractivity contribution in [3.05, 3.63) is 28.8 Å². The Morgan fingerprint density at radius 2 is 2.33 bits per heavy atom. The zero-order chi connectivity index (χ0) is 11.3. The fraction of sp³-hybridized carbons (Fsp3) is 0.333. The normalized spacial score (nSPS) is 11.9. The van der Waals surface area contributed by atoms with Crippen LogP contribution in [-0.4, -0.2) is 11.7 Å². The summed E-state index contributed by atoms with van der Waals surface area (Å²) in [5.74, 6) is 3.11. The molecule has 1 atom stereocenters. The fourth-order valence-electron chi connectivity index (χ4n) is 1.20. The number of benzene rings is 1. The van der Waals surface area contributed by atoms with Crippen molar-refractivity contribution in [2.24, 2.45) is 0 Å². The Morgan fingerprint density at radius 3 is 2.93 bits per heavy atom. The van der Waals surface area contributed by atoms with Crippen molar-refractivity contribution in [2.45, 2.75) is 19.4 Å². The number of hydrogen-bond donors (Lipinski definition) is 1. The van der Waals surface area contributed by atoms with E-state index in [0.717, 1.165) is 0 Å². The van der Waals surface area contributed by atoms with Crippen LogP contribution in [0.1, 0.15) is 25.0 Å². The molecule has 2 nitrogen and oxygen atoms in total. The molecule has 0 aromatic heterocycles. The van der Waals surface area contributed by atoms with Crippen LogP contribution in [0.15, 0.2) is 18.2 Å². The molecular weight excluding hydrogens is 212 g/mol. The highest BCUT2D eigenvalue weighted by molar-refractivity contribution is 6.30. The van der Waals surface area contributed by atoms with Crippen LogP contribution in [0.2, 0.25) is 5.02 Å². The molecule has 0 aliphatic rings. The van der Waals surface area contributed by atoms with Gasteiger partial charge in [-0.2, -0.15) is 0 Å².